The van der Waals surface area contributed by atoms with Crippen LogP contribution < -0.4 is 9.47 Å². The second-order valence-electron chi connectivity index (χ2n) is 3.18. The average Bonchev–Trinajstić information content (AvgIpc) is 2.50. The number of fused-ring (bicyclic) bond motifs is 1. The molecule has 0 fully saturated rings. The SMILES string of the molecule is CC.CC.COc1cc2ncnc(C)c2cc1OC. The second kappa shape index (κ2) is 9.14. The van der Waals surface area contributed by atoms with E-state index in [0.29, 0.717) is 11.5 Å². The minimum absolute atomic E-state index is 0.683. The zero-order valence-electron chi connectivity index (χ0n) is 12.9. The Hall–Kier alpha value is -1.84. The van der Waals surface area contributed by atoms with Gasteiger partial charge in [-0.2, -0.15) is 0 Å². The molecule has 2 aromatic rings. The Morgan fingerprint density at radius 2 is 1.37 bits per heavy atom. The van der Waals surface area contributed by atoms with Gasteiger partial charge in [0.1, 0.15) is 6.33 Å². The fraction of sp³-hybridized carbons (Fsp3) is 0.467. The lowest BCUT2D eigenvalue weighted by atomic mass is 10.2. The van der Waals surface area contributed by atoms with Gasteiger partial charge in [0.15, 0.2) is 11.5 Å². The van der Waals surface area contributed by atoms with Crippen LogP contribution in [0.4, 0.5) is 0 Å². The maximum atomic E-state index is 5.22. The predicted octanol–water partition coefficient (Wildman–Crippen LogP) is 4.01. The first-order chi connectivity index (χ1) is 9.26. The first-order valence-corrected chi connectivity index (χ1v) is 6.59. The average molecular weight is 264 g/mol. The molecule has 106 valence electrons. The van der Waals surface area contributed by atoms with E-state index in [0.717, 1.165) is 16.6 Å². The quantitative estimate of drug-likeness (QED) is 0.822. The van der Waals surface area contributed by atoms with Gasteiger partial charge in [-0.1, -0.05) is 27.7 Å². The van der Waals surface area contributed by atoms with Crippen molar-refractivity contribution >= 4 is 10.9 Å². The molecular formula is C15H24N2O2. The Morgan fingerprint density at radius 1 is 0.842 bits per heavy atom. The van der Waals surface area contributed by atoms with Crippen molar-refractivity contribution in [3.63, 3.8) is 0 Å². The smallest absolute Gasteiger partial charge is 0.162 e. The lowest BCUT2D eigenvalue weighted by Gasteiger charge is -2.09. The van der Waals surface area contributed by atoms with E-state index in [4.69, 9.17) is 9.47 Å². The van der Waals surface area contributed by atoms with Gasteiger partial charge < -0.3 is 9.47 Å². The van der Waals surface area contributed by atoms with Crippen molar-refractivity contribution in [1.82, 2.24) is 9.97 Å². The number of aromatic nitrogens is 2. The molecule has 0 atom stereocenters. The van der Waals surface area contributed by atoms with Crippen molar-refractivity contribution in [2.75, 3.05) is 14.2 Å². The van der Waals surface area contributed by atoms with Gasteiger partial charge in [-0.05, 0) is 13.0 Å². The van der Waals surface area contributed by atoms with Gasteiger partial charge in [0, 0.05) is 17.1 Å². The van der Waals surface area contributed by atoms with Crippen LogP contribution in [0, 0.1) is 6.92 Å². The highest BCUT2D eigenvalue weighted by molar-refractivity contribution is 5.84. The molecule has 1 aromatic heterocycles. The first-order valence-electron chi connectivity index (χ1n) is 6.59. The van der Waals surface area contributed by atoms with E-state index < -0.39 is 0 Å². The number of methoxy groups -OCH3 is 2. The molecule has 0 saturated heterocycles. The summed E-state index contributed by atoms with van der Waals surface area (Å²) in [5.74, 6) is 1.38. The topological polar surface area (TPSA) is 44.2 Å². The Balaban J connectivity index is 0.000000741. The third kappa shape index (κ3) is 4.09. The molecule has 2 rings (SSSR count). The summed E-state index contributed by atoms with van der Waals surface area (Å²) >= 11 is 0. The predicted molar refractivity (Wildman–Crippen MR) is 80.1 cm³/mol. The lowest BCUT2D eigenvalue weighted by Crippen LogP contribution is -1.93. The molecule has 1 heterocycles. The molecule has 0 bridgehead atoms. The van der Waals surface area contributed by atoms with E-state index in [9.17, 15) is 0 Å². The molecular weight excluding hydrogens is 240 g/mol. The van der Waals surface area contributed by atoms with Crippen molar-refractivity contribution in [1.29, 1.82) is 0 Å². The Labute approximate surface area is 115 Å². The molecule has 0 unspecified atom stereocenters. The Bertz CT molecular complexity index is 499. The first kappa shape index (κ1) is 17.2. The second-order valence-corrected chi connectivity index (χ2v) is 3.18. The maximum absolute atomic E-state index is 5.22. The summed E-state index contributed by atoms with van der Waals surface area (Å²) in [6.07, 6.45) is 1.55. The van der Waals surface area contributed by atoms with E-state index >= 15 is 0 Å². The van der Waals surface area contributed by atoms with Crippen LogP contribution in [0.5, 0.6) is 11.5 Å². The third-order valence-electron chi connectivity index (χ3n) is 2.34. The van der Waals surface area contributed by atoms with Crippen molar-refractivity contribution in [2.45, 2.75) is 34.6 Å². The fourth-order valence-corrected chi connectivity index (χ4v) is 1.51. The molecule has 0 radical (unpaired) electrons. The van der Waals surface area contributed by atoms with Crippen molar-refractivity contribution in [3.8, 4) is 11.5 Å². The molecule has 0 N–H and O–H groups in total. The number of ether oxygens (including phenoxy) is 2. The van der Waals surface area contributed by atoms with Crippen LogP contribution in [0.15, 0.2) is 18.5 Å². The highest BCUT2D eigenvalue weighted by Crippen LogP contribution is 2.31. The maximum Gasteiger partial charge on any atom is 0.162 e. The van der Waals surface area contributed by atoms with Gasteiger partial charge >= 0.3 is 0 Å². The number of hydrogen-bond donors (Lipinski definition) is 0. The van der Waals surface area contributed by atoms with Gasteiger partial charge in [-0.15, -0.1) is 0 Å². The van der Waals surface area contributed by atoms with Crippen molar-refractivity contribution < 1.29 is 9.47 Å². The number of aryl methyl sites for hydroxylation is 1. The minimum atomic E-state index is 0.683. The molecule has 0 aliphatic heterocycles. The van der Waals surface area contributed by atoms with Gasteiger partial charge in [0.05, 0.1) is 19.7 Å². The summed E-state index contributed by atoms with van der Waals surface area (Å²) in [5, 5.41) is 0.982. The standard InChI is InChI=1S/C11H12N2O2.2C2H6/c1-7-8-4-10(14-2)11(15-3)5-9(8)13-6-12-7;2*1-2/h4-6H,1-3H3;2*1-2H3. The number of rotatable bonds is 2. The van der Waals surface area contributed by atoms with E-state index in [-0.39, 0.29) is 0 Å². The number of benzene rings is 1. The summed E-state index contributed by atoms with van der Waals surface area (Å²) in [6.45, 7) is 9.94. The molecule has 0 spiro atoms. The summed E-state index contributed by atoms with van der Waals surface area (Å²) in [7, 11) is 3.22. The highest BCUT2D eigenvalue weighted by atomic mass is 16.5. The zero-order chi connectivity index (χ0) is 14.8. The number of hydrogen-bond acceptors (Lipinski definition) is 4. The normalized spacial score (nSPS) is 8.79. The van der Waals surface area contributed by atoms with E-state index in [1.54, 1.807) is 20.5 Å². The molecule has 4 heteroatoms. The summed E-state index contributed by atoms with van der Waals surface area (Å²) in [6, 6.07) is 3.74. The van der Waals surface area contributed by atoms with Crippen molar-refractivity contribution in [2.24, 2.45) is 0 Å². The fourth-order valence-electron chi connectivity index (χ4n) is 1.51. The molecule has 1 aromatic carbocycles. The van der Waals surface area contributed by atoms with Crippen LogP contribution in [-0.4, -0.2) is 24.2 Å². The summed E-state index contributed by atoms with van der Waals surface area (Å²) in [5.41, 5.74) is 1.79. The van der Waals surface area contributed by atoms with Crippen LogP contribution in [0.3, 0.4) is 0 Å². The zero-order valence-corrected chi connectivity index (χ0v) is 12.9. The van der Waals surface area contributed by atoms with E-state index in [2.05, 4.69) is 9.97 Å². The molecule has 0 aliphatic rings. The van der Waals surface area contributed by atoms with Crippen LogP contribution in [-0.2, 0) is 0 Å². The van der Waals surface area contributed by atoms with Gasteiger partial charge in [-0.3, -0.25) is 0 Å². The monoisotopic (exact) mass is 264 g/mol. The minimum Gasteiger partial charge on any atom is -0.493 e. The molecule has 4 nitrogen and oxygen atoms in total. The third-order valence-corrected chi connectivity index (χ3v) is 2.34. The van der Waals surface area contributed by atoms with Crippen LogP contribution >= 0.6 is 0 Å². The summed E-state index contributed by atoms with van der Waals surface area (Å²) < 4.78 is 10.4. The summed E-state index contributed by atoms with van der Waals surface area (Å²) in [4.78, 5) is 8.31. The van der Waals surface area contributed by atoms with Gasteiger partial charge in [-0.25, -0.2) is 9.97 Å². The number of nitrogens with zero attached hydrogens (tertiary/aromatic N) is 2. The lowest BCUT2D eigenvalue weighted by molar-refractivity contribution is 0.355. The Morgan fingerprint density at radius 3 is 1.89 bits per heavy atom. The largest absolute Gasteiger partial charge is 0.493 e. The van der Waals surface area contributed by atoms with Crippen LogP contribution in [0.25, 0.3) is 10.9 Å². The molecule has 0 aliphatic carbocycles. The molecule has 19 heavy (non-hydrogen) atoms. The van der Waals surface area contributed by atoms with E-state index in [1.165, 1.54) is 0 Å². The van der Waals surface area contributed by atoms with E-state index in [1.807, 2.05) is 46.8 Å². The van der Waals surface area contributed by atoms with Gasteiger partial charge in [0.2, 0.25) is 0 Å². The van der Waals surface area contributed by atoms with Gasteiger partial charge in [0.25, 0.3) is 0 Å². The Kier molecular flexibility index (Phi) is 8.25. The highest BCUT2D eigenvalue weighted by Gasteiger charge is 2.08. The van der Waals surface area contributed by atoms with Crippen LogP contribution in [0.1, 0.15) is 33.4 Å². The van der Waals surface area contributed by atoms with Crippen LogP contribution in [0.2, 0.25) is 0 Å². The molecule has 0 saturated carbocycles. The van der Waals surface area contributed by atoms with Crippen molar-refractivity contribution in [3.05, 3.63) is 24.2 Å². The molecule has 0 amide bonds.